The first-order valence-corrected chi connectivity index (χ1v) is 11.1. The molecule has 32 heavy (non-hydrogen) atoms. The largest absolute Gasteiger partial charge is 0.382 e. The lowest BCUT2D eigenvalue weighted by Crippen LogP contribution is -2.48. The minimum absolute atomic E-state index is 0.0390. The molecule has 1 aliphatic heterocycles. The molecule has 2 aromatic rings. The van der Waals surface area contributed by atoms with Crippen LogP contribution in [0.15, 0.2) is 59.4 Å². The Morgan fingerprint density at radius 2 is 1.97 bits per heavy atom. The van der Waals surface area contributed by atoms with Crippen molar-refractivity contribution >= 4 is 5.84 Å². The van der Waals surface area contributed by atoms with E-state index in [0.29, 0.717) is 13.0 Å². The molecule has 5 rings (SSSR count). The lowest BCUT2D eigenvalue weighted by atomic mass is 9.54. The number of hydrogen-bond acceptors (Lipinski definition) is 4. The molecule has 2 aromatic carbocycles. The fourth-order valence-corrected chi connectivity index (χ4v) is 6.38. The van der Waals surface area contributed by atoms with Crippen LogP contribution < -0.4 is 5.73 Å². The summed E-state index contributed by atoms with van der Waals surface area (Å²) in [5.74, 6) is -0.940. The zero-order chi connectivity index (χ0) is 22.5. The van der Waals surface area contributed by atoms with Crippen LogP contribution in [0.5, 0.6) is 0 Å². The Bertz CT molecular complexity index is 1090. The van der Waals surface area contributed by atoms with Crippen molar-refractivity contribution in [1.82, 2.24) is 0 Å². The van der Waals surface area contributed by atoms with Gasteiger partial charge in [-0.15, -0.1) is 0 Å². The van der Waals surface area contributed by atoms with Crippen molar-refractivity contribution in [3.63, 3.8) is 0 Å². The number of halogens is 2. The average Bonchev–Trinajstić information content (AvgIpc) is 3.22. The number of rotatable bonds is 4. The van der Waals surface area contributed by atoms with Gasteiger partial charge < -0.3 is 15.2 Å². The Morgan fingerprint density at radius 3 is 2.69 bits per heavy atom. The second-order valence-electron chi connectivity index (χ2n) is 9.26. The van der Waals surface area contributed by atoms with Gasteiger partial charge in [0.1, 0.15) is 11.4 Å². The maximum absolute atomic E-state index is 14.9. The van der Waals surface area contributed by atoms with E-state index in [0.717, 1.165) is 41.5 Å². The monoisotopic (exact) mass is 438 g/mol. The van der Waals surface area contributed by atoms with E-state index >= 15 is 0 Å². The molecule has 0 saturated heterocycles. The van der Waals surface area contributed by atoms with Gasteiger partial charge in [0.2, 0.25) is 0 Å². The highest BCUT2D eigenvalue weighted by atomic mass is 19.1. The number of nitrogens with two attached hydrogens (primary N) is 1. The summed E-state index contributed by atoms with van der Waals surface area (Å²) in [7, 11) is 3.31. The lowest BCUT2D eigenvalue weighted by Gasteiger charge is -2.51. The standard InChI is InChI=1S/C26H28F2N2O2/c1-31-15-16-9-18(11-19(27)10-16)22-12-20(32-2)7-8-25(22)13-17-5-3-4-6-21(17)26(25)14-23(28)24(29)30-26/h3-6,9-11,14,20,22H,7-8,12-13,15H2,1-2H3,(H2,29,30). The molecule has 1 saturated carbocycles. The molecule has 0 amide bonds. The van der Waals surface area contributed by atoms with E-state index in [1.165, 1.54) is 6.07 Å². The Kier molecular flexibility index (Phi) is 5.18. The van der Waals surface area contributed by atoms with E-state index in [-0.39, 0.29) is 23.7 Å². The Labute approximate surface area is 187 Å². The summed E-state index contributed by atoms with van der Waals surface area (Å²) in [6.45, 7) is 0.323. The summed E-state index contributed by atoms with van der Waals surface area (Å²) in [6, 6.07) is 13.2. The van der Waals surface area contributed by atoms with Crippen molar-refractivity contribution in [2.45, 2.75) is 49.9 Å². The number of benzene rings is 2. The molecule has 1 heterocycles. The number of methoxy groups -OCH3 is 2. The Morgan fingerprint density at radius 1 is 1.16 bits per heavy atom. The van der Waals surface area contributed by atoms with Gasteiger partial charge in [0.05, 0.1) is 12.7 Å². The van der Waals surface area contributed by atoms with Gasteiger partial charge in [0.15, 0.2) is 11.7 Å². The van der Waals surface area contributed by atoms with Crippen LogP contribution in [0.2, 0.25) is 0 Å². The molecule has 1 fully saturated rings. The lowest BCUT2D eigenvalue weighted by molar-refractivity contribution is -0.0101. The summed E-state index contributed by atoms with van der Waals surface area (Å²) < 4.78 is 40.6. The quantitative estimate of drug-likeness (QED) is 0.738. The molecule has 168 valence electrons. The minimum atomic E-state index is -0.908. The number of ether oxygens (including phenoxy) is 2. The first kappa shape index (κ1) is 21.3. The predicted octanol–water partition coefficient (Wildman–Crippen LogP) is 4.92. The fraction of sp³-hybridized carbons (Fsp3) is 0.423. The van der Waals surface area contributed by atoms with Crippen LogP contribution in [0.4, 0.5) is 8.78 Å². The minimum Gasteiger partial charge on any atom is -0.382 e. The molecule has 0 radical (unpaired) electrons. The van der Waals surface area contributed by atoms with Crippen molar-refractivity contribution in [2.75, 3.05) is 14.2 Å². The van der Waals surface area contributed by atoms with Crippen LogP contribution in [0.1, 0.15) is 47.4 Å². The molecule has 2 spiro atoms. The zero-order valence-electron chi connectivity index (χ0n) is 18.4. The zero-order valence-corrected chi connectivity index (χ0v) is 18.4. The SMILES string of the molecule is COCc1cc(F)cc(C2CC(OC)CCC23Cc2ccccc2C32C=C(F)C(N)=N2)c1. The molecule has 4 nitrogen and oxygen atoms in total. The first-order valence-electron chi connectivity index (χ1n) is 11.1. The van der Waals surface area contributed by atoms with Crippen molar-refractivity contribution in [3.8, 4) is 0 Å². The van der Waals surface area contributed by atoms with Crippen LogP contribution in [0.3, 0.4) is 0 Å². The molecule has 2 N–H and O–H groups in total. The second kappa shape index (κ2) is 7.78. The van der Waals surface area contributed by atoms with Crippen molar-refractivity contribution in [1.29, 1.82) is 0 Å². The van der Waals surface area contributed by atoms with E-state index in [4.69, 9.17) is 20.2 Å². The maximum Gasteiger partial charge on any atom is 0.163 e. The van der Waals surface area contributed by atoms with Crippen LogP contribution in [-0.2, 0) is 28.0 Å². The van der Waals surface area contributed by atoms with Gasteiger partial charge in [-0.2, -0.15) is 0 Å². The molecular weight excluding hydrogens is 410 g/mol. The number of amidine groups is 1. The third-order valence-electron chi connectivity index (χ3n) is 7.67. The molecule has 0 bridgehead atoms. The normalized spacial score (nSPS) is 31.1. The van der Waals surface area contributed by atoms with E-state index < -0.39 is 16.8 Å². The highest BCUT2D eigenvalue weighted by Crippen LogP contribution is 2.66. The van der Waals surface area contributed by atoms with E-state index in [1.54, 1.807) is 26.4 Å². The van der Waals surface area contributed by atoms with Crippen LogP contribution in [0.25, 0.3) is 0 Å². The predicted molar refractivity (Wildman–Crippen MR) is 120 cm³/mol. The summed E-state index contributed by atoms with van der Waals surface area (Å²) in [5, 5.41) is 0. The molecular formula is C26H28F2N2O2. The topological polar surface area (TPSA) is 56.8 Å². The van der Waals surface area contributed by atoms with Gasteiger partial charge in [-0.05, 0) is 72.1 Å². The number of nitrogens with zero attached hydrogens (tertiary/aromatic N) is 1. The summed E-state index contributed by atoms with van der Waals surface area (Å²) in [6.07, 6.45) is 4.66. The number of aliphatic imine (C=N–C) groups is 1. The third-order valence-corrected chi connectivity index (χ3v) is 7.67. The maximum atomic E-state index is 14.9. The van der Waals surface area contributed by atoms with Crippen molar-refractivity contribution < 1.29 is 18.3 Å². The summed E-state index contributed by atoms with van der Waals surface area (Å²) >= 11 is 0. The van der Waals surface area contributed by atoms with Crippen LogP contribution >= 0.6 is 0 Å². The molecule has 0 aromatic heterocycles. The van der Waals surface area contributed by atoms with Crippen LogP contribution in [-0.4, -0.2) is 26.2 Å². The smallest absolute Gasteiger partial charge is 0.163 e. The first-order chi connectivity index (χ1) is 15.4. The number of hydrogen-bond donors (Lipinski definition) is 1. The van der Waals surface area contributed by atoms with Gasteiger partial charge in [-0.25, -0.2) is 13.8 Å². The van der Waals surface area contributed by atoms with Gasteiger partial charge in [0.25, 0.3) is 0 Å². The molecule has 3 aliphatic rings. The Hall–Kier alpha value is -2.57. The molecule has 4 atom stereocenters. The third kappa shape index (κ3) is 3.04. The summed E-state index contributed by atoms with van der Waals surface area (Å²) in [4.78, 5) is 4.79. The van der Waals surface area contributed by atoms with E-state index in [1.807, 2.05) is 24.3 Å². The van der Waals surface area contributed by atoms with Gasteiger partial charge in [-0.1, -0.05) is 30.3 Å². The summed E-state index contributed by atoms with van der Waals surface area (Å²) in [5.41, 5.74) is 8.42. The molecule has 4 unspecified atom stereocenters. The molecule has 6 heteroatoms. The van der Waals surface area contributed by atoms with Crippen molar-refractivity contribution in [3.05, 3.63) is 82.4 Å². The van der Waals surface area contributed by atoms with E-state index in [9.17, 15) is 8.78 Å². The van der Waals surface area contributed by atoms with Gasteiger partial charge in [0, 0.05) is 19.6 Å². The van der Waals surface area contributed by atoms with Crippen LogP contribution in [0, 0.1) is 11.2 Å². The molecule has 2 aliphatic carbocycles. The van der Waals surface area contributed by atoms with Crippen molar-refractivity contribution in [2.24, 2.45) is 16.1 Å². The highest BCUT2D eigenvalue weighted by molar-refractivity contribution is 5.98. The average molecular weight is 439 g/mol. The highest BCUT2D eigenvalue weighted by Gasteiger charge is 2.63. The second-order valence-corrected chi connectivity index (χ2v) is 9.26. The van der Waals surface area contributed by atoms with Gasteiger partial charge >= 0.3 is 0 Å². The Balaban J connectivity index is 1.73. The van der Waals surface area contributed by atoms with Gasteiger partial charge in [-0.3, -0.25) is 0 Å². The van der Waals surface area contributed by atoms with E-state index in [2.05, 4.69) is 6.07 Å². The fourth-order valence-electron chi connectivity index (χ4n) is 6.38. The number of fused-ring (bicyclic) bond motifs is 3.